The molecule has 0 aromatic carbocycles. The van der Waals surface area contributed by atoms with E-state index in [0.717, 1.165) is 59.8 Å². The van der Waals surface area contributed by atoms with Gasteiger partial charge in [0.15, 0.2) is 5.16 Å². The van der Waals surface area contributed by atoms with Gasteiger partial charge in [-0.25, -0.2) is 4.98 Å². The van der Waals surface area contributed by atoms with Gasteiger partial charge >= 0.3 is 0 Å². The van der Waals surface area contributed by atoms with Gasteiger partial charge < -0.3 is 4.74 Å². The molecule has 1 saturated heterocycles. The minimum absolute atomic E-state index is 0.101. The second-order valence-electron chi connectivity index (χ2n) is 6.08. The molecule has 0 N–H and O–H groups in total. The zero-order valence-corrected chi connectivity index (χ0v) is 14.7. The molecule has 23 heavy (non-hydrogen) atoms. The maximum absolute atomic E-state index is 13.0. The van der Waals surface area contributed by atoms with Crippen LogP contribution < -0.4 is 5.56 Å². The Kier molecular flexibility index (Phi) is 4.30. The lowest BCUT2D eigenvalue weighted by Gasteiger charge is -2.12. The number of fused-ring (bicyclic) bond motifs is 3. The molecular weight excluding hydrogens is 328 g/mol. The molecule has 6 heteroatoms. The molecule has 122 valence electrons. The fourth-order valence-electron chi connectivity index (χ4n) is 3.40. The van der Waals surface area contributed by atoms with E-state index < -0.39 is 0 Å². The Morgan fingerprint density at radius 3 is 3.13 bits per heavy atom. The molecule has 4 rings (SSSR count). The molecule has 0 amide bonds. The average Bonchev–Trinajstić information content (AvgIpc) is 3.24. The fourth-order valence-corrected chi connectivity index (χ4v) is 5.78. The summed E-state index contributed by atoms with van der Waals surface area (Å²) in [7, 11) is 0. The van der Waals surface area contributed by atoms with Gasteiger partial charge in [-0.2, -0.15) is 0 Å². The van der Waals surface area contributed by atoms with E-state index in [1.54, 1.807) is 33.7 Å². The highest BCUT2D eigenvalue weighted by Crippen LogP contribution is 2.35. The second kappa shape index (κ2) is 6.42. The number of aryl methyl sites for hydroxylation is 2. The van der Waals surface area contributed by atoms with Gasteiger partial charge in [0.05, 0.1) is 11.5 Å². The molecule has 0 bridgehead atoms. The highest BCUT2D eigenvalue weighted by atomic mass is 32.2. The molecule has 2 aromatic heterocycles. The third-order valence-electron chi connectivity index (χ3n) is 4.52. The first-order chi connectivity index (χ1) is 11.3. The lowest BCUT2D eigenvalue weighted by molar-refractivity contribution is 0.129. The zero-order valence-electron chi connectivity index (χ0n) is 13.0. The smallest absolute Gasteiger partial charge is 0.263 e. The predicted octanol–water partition coefficient (Wildman–Crippen LogP) is 3.40. The normalized spacial score (nSPS) is 20.3. The van der Waals surface area contributed by atoms with E-state index in [4.69, 9.17) is 9.72 Å². The van der Waals surface area contributed by atoms with Crippen molar-refractivity contribution in [3.05, 3.63) is 33.4 Å². The van der Waals surface area contributed by atoms with Gasteiger partial charge in [0.25, 0.3) is 5.56 Å². The van der Waals surface area contributed by atoms with Crippen LogP contribution >= 0.6 is 23.1 Å². The summed E-state index contributed by atoms with van der Waals surface area (Å²) in [5.74, 6) is 0.861. The van der Waals surface area contributed by atoms with Crippen LogP contribution in [0, 0.1) is 0 Å². The van der Waals surface area contributed by atoms with Crippen molar-refractivity contribution in [2.45, 2.75) is 49.9 Å². The van der Waals surface area contributed by atoms with Crippen molar-refractivity contribution in [1.82, 2.24) is 9.55 Å². The highest BCUT2D eigenvalue weighted by molar-refractivity contribution is 7.99. The number of hydrogen-bond donors (Lipinski definition) is 0. The van der Waals surface area contributed by atoms with Crippen molar-refractivity contribution < 1.29 is 4.74 Å². The summed E-state index contributed by atoms with van der Waals surface area (Å²) in [5.41, 5.74) is 1.35. The summed E-state index contributed by atoms with van der Waals surface area (Å²) < 4.78 is 7.47. The van der Waals surface area contributed by atoms with Crippen molar-refractivity contribution in [2.24, 2.45) is 0 Å². The summed E-state index contributed by atoms with van der Waals surface area (Å²) in [4.78, 5) is 20.1. The molecule has 1 aliphatic carbocycles. The molecule has 0 saturated carbocycles. The Morgan fingerprint density at radius 2 is 2.35 bits per heavy atom. The van der Waals surface area contributed by atoms with Crippen molar-refractivity contribution >= 4 is 33.3 Å². The monoisotopic (exact) mass is 348 g/mol. The maximum atomic E-state index is 13.0. The lowest BCUT2D eigenvalue weighted by Crippen LogP contribution is -2.23. The largest absolute Gasteiger partial charge is 0.377 e. The van der Waals surface area contributed by atoms with Crippen molar-refractivity contribution in [3.63, 3.8) is 0 Å². The summed E-state index contributed by atoms with van der Waals surface area (Å²) >= 11 is 3.34. The maximum Gasteiger partial charge on any atom is 0.263 e. The quantitative estimate of drug-likeness (QED) is 0.472. The first-order valence-corrected chi connectivity index (χ1v) is 9.98. The molecule has 1 fully saturated rings. The third kappa shape index (κ3) is 2.77. The summed E-state index contributed by atoms with van der Waals surface area (Å²) in [6.45, 7) is 5.17. The molecule has 1 atom stereocenters. The summed E-state index contributed by atoms with van der Waals surface area (Å²) in [6.07, 6.45) is 7.57. The van der Waals surface area contributed by atoms with Crippen LogP contribution in [-0.4, -0.2) is 28.0 Å². The fraction of sp³-hybridized carbons (Fsp3) is 0.529. The molecule has 2 aromatic rings. The Hall–Kier alpha value is -1.11. The standard InChI is InChI=1S/C17H20N2O2S2/c1-2-8-19-16(20)14-12-6-3-7-13(12)23-15(14)18-17(19)22-10-11-5-4-9-21-11/h2,11H,1,3-10H2. The Bertz CT molecular complexity index is 803. The summed E-state index contributed by atoms with van der Waals surface area (Å²) in [5, 5.41) is 1.66. The molecule has 0 radical (unpaired) electrons. The molecule has 2 aliphatic rings. The zero-order chi connectivity index (χ0) is 15.8. The molecule has 1 aliphatic heterocycles. The number of thiophene rings is 1. The number of ether oxygens (including phenoxy) is 1. The Labute approximate surface area is 143 Å². The number of rotatable bonds is 5. The van der Waals surface area contributed by atoms with Crippen LogP contribution in [0.15, 0.2) is 22.6 Å². The number of thioether (sulfide) groups is 1. The minimum atomic E-state index is 0.101. The molecule has 0 spiro atoms. The van der Waals surface area contributed by atoms with Gasteiger partial charge in [-0.1, -0.05) is 17.8 Å². The molecule has 3 heterocycles. The van der Waals surface area contributed by atoms with E-state index in [9.17, 15) is 4.79 Å². The SMILES string of the molecule is C=CCn1c(SCC2CCCO2)nc2sc3c(c2c1=O)CCC3. The van der Waals surface area contributed by atoms with Gasteiger partial charge in [0.1, 0.15) is 4.83 Å². The van der Waals surface area contributed by atoms with Crippen molar-refractivity contribution in [3.8, 4) is 0 Å². The van der Waals surface area contributed by atoms with Gasteiger partial charge in [-0.15, -0.1) is 17.9 Å². The van der Waals surface area contributed by atoms with Crippen LogP contribution in [0.2, 0.25) is 0 Å². The van der Waals surface area contributed by atoms with E-state index in [1.165, 1.54) is 10.4 Å². The highest BCUT2D eigenvalue weighted by Gasteiger charge is 2.24. The van der Waals surface area contributed by atoms with E-state index in [-0.39, 0.29) is 11.7 Å². The first kappa shape index (κ1) is 15.4. The lowest BCUT2D eigenvalue weighted by atomic mass is 10.2. The van der Waals surface area contributed by atoms with Crippen LogP contribution in [0.5, 0.6) is 0 Å². The topological polar surface area (TPSA) is 44.1 Å². The van der Waals surface area contributed by atoms with E-state index >= 15 is 0 Å². The van der Waals surface area contributed by atoms with E-state index in [1.807, 2.05) is 0 Å². The number of hydrogen-bond acceptors (Lipinski definition) is 5. The predicted molar refractivity (Wildman–Crippen MR) is 95.8 cm³/mol. The van der Waals surface area contributed by atoms with E-state index in [0.29, 0.717) is 6.54 Å². The van der Waals surface area contributed by atoms with Gasteiger partial charge in [-0.3, -0.25) is 9.36 Å². The number of aromatic nitrogens is 2. The minimum Gasteiger partial charge on any atom is -0.377 e. The number of nitrogens with zero attached hydrogens (tertiary/aromatic N) is 2. The van der Waals surface area contributed by atoms with Crippen LogP contribution in [-0.2, 0) is 24.1 Å². The first-order valence-electron chi connectivity index (χ1n) is 8.18. The second-order valence-corrected chi connectivity index (χ2v) is 8.15. The molecule has 4 nitrogen and oxygen atoms in total. The van der Waals surface area contributed by atoms with Gasteiger partial charge in [0, 0.05) is 23.8 Å². The van der Waals surface area contributed by atoms with Crippen LogP contribution in [0.1, 0.15) is 29.7 Å². The van der Waals surface area contributed by atoms with Crippen molar-refractivity contribution in [1.29, 1.82) is 0 Å². The van der Waals surface area contributed by atoms with Gasteiger partial charge in [0.2, 0.25) is 0 Å². The molecule has 1 unspecified atom stereocenters. The van der Waals surface area contributed by atoms with Crippen LogP contribution in [0.4, 0.5) is 0 Å². The summed E-state index contributed by atoms with van der Waals surface area (Å²) in [6, 6.07) is 0. The van der Waals surface area contributed by atoms with Gasteiger partial charge in [-0.05, 0) is 37.7 Å². The number of allylic oxidation sites excluding steroid dienone is 1. The molecular formula is C17H20N2O2S2. The van der Waals surface area contributed by atoms with Crippen LogP contribution in [0.3, 0.4) is 0 Å². The average molecular weight is 348 g/mol. The van der Waals surface area contributed by atoms with E-state index in [2.05, 4.69) is 6.58 Å². The Morgan fingerprint density at radius 1 is 1.43 bits per heavy atom. The third-order valence-corrected chi connectivity index (χ3v) is 6.82. The van der Waals surface area contributed by atoms with Crippen LogP contribution in [0.25, 0.3) is 10.2 Å². The van der Waals surface area contributed by atoms with Crippen molar-refractivity contribution in [2.75, 3.05) is 12.4 Å². The Balaban J connectivity index is 1.74.